The Morgan fingerprint density at radius 2 is 1.70 bits per heavy atom. The topological polar surface area (TPSA) is 90.2 Å². The normalized spacial score (nSPS) is 12.4. The lowest BCUT2D eigenvalue weighted by Crippen LogP contribution is -2.41. The molecule has 7 nitrogen and oxygen atoms in total. The summed E-state index contributed by atoms with van der Waals surface area (Å²) in [4.78, 5) is 24.3. The lowest BCUT2D eigenvalue weighted by molar-refractivity contribution is -0.144. The van der Waals surface area contributed by atoms with E-state index in [0.717, 1.165) is 25.2 Å². The van der Waals surface area contributed by atoms with E-state index in [1.165, 1.54) is 13.8 Å². The quantitative estimate of drug-likeness (QED) is 0.781. The van der Waals surface area contributed by atoms with Gasteiger partial charge in [-0.2, -0.15) is 13.2 Å². The molecule has 0 bridgehead atoms. The predicted molar refractivity (Wildman–Crippen MR) is 89.9 cm³/mol. The monoisotopic (exact) mass is 409 g/mol. The molecule has 1 N–H and O–H groups in total. The van der Waals surface area contributed by atoms with Crippen molar-refractivity contribution in [2.75, 3.05) is 4.72 Å². The van der Waals surface area contributed by atoms with E-state index in [2.05, 4.69) is 4.72 Å². The highest BCUT2D eigenvalue weighted by atomic mass is 32.2. The van der Waals surface area contributed by atoms with E-state index in [0.29, 0.717) is 0 Å². The number of hydrogen-bond donors (Lipinski definition) is 1. The number of nitrogens with zero attached hydrogens (tertiary/aromatic N) is 2. The number of aromatic nitrogens is 2. The molecule has 0 radical (unpaired) electrons. The van der Waals surface area contributed by atoms with Gasteiger partial charge in [-0.1, -0.05) is 0 Å². The van der Waals surface area contributed by atoms with Crippen LogP contribution in [-0.2, 0) is 23.2 Å². The molecule has 0 unspecified atom stereocenters. The predicted octanol–water partition coefficient (Wildman–Crippen LogP) is 1.84. The lowest BCUT2D eigenvalue weighted by Gasteiger charge is -2.15. The molecule has 0 spiro atoms. The van der Waals surface area contributed by atoms with Gasteiger partial charge in [0.1, 0.15) is 11.5 Å². The van der Waals surface area contributed by atoms with E-state index in [1.54, 1.807) is 0 Å². The van der Waals surface area contributed by atoms with Crippen LogP contribution in [0.15, 0.2) is 33.9 Å². The standard InChI is InChI=1S/C15H15F4N3O4S/c1-8(2)27(25,26)20-9-4-5-10(16)11(6-9)22-13(23)7-12(15(17,18)19)21(3)14(22)24/h4-8,20H,1-3H3. The molecule has 1 aromatic heterocycles. The Balaban J connectivity index is 2.70. The van der Waals surface area contributed by atoms with Gasteiger partial charge in [-0.05, 0) is 32.0 Å². The van der Waals surface area contributed by atoms with Gasteiger partial charge in [0.2, 0.25) is 10.0 Å². The fourth-order valence-corrected chi connectivity index (χ4v) is 2.84. The number of halogens is 4. The molecule has 27 heavy (non-hydrogen) atoms. The van der Waals surface area contributed by atoms with Crippen LogP contribution in [-0.4, -0.2) is 22.8 Å². The zero-order chi connectivity index (χ0) is 20.7. The number of sulfonamides is 1. The van der Waals surface area contributed by atoms with E-state index >= 15 is 0 Å². The Labute approximate surface area is 150 Å². The molecule has 0 aliphatic carbocycles. The van der Waals surface area contributed by atoms with Crippen molar-refractivity contribution >= 4 is 15.7 Å². The molecule has 2 aromatic rings. The third kappa shape index (κ3) is 4.04. The highest BCUT2D eigenvalue weighted by Gasteiger charge is 2.35. The van der Waals surface area contributed by atoms with Crippen LogP contribution in [0.2, 0.25) is 0 Å². The Bertz CT molecular complexity index is 1100. The van der Waals surface area contributed by atoms with Crippen LogP contribution < -0.4 is 16.0 Å². The maximum absolute atomic E-state index is 14.2. The Kier molecular flexibility index (Phi) is 5.23. The first kappa shape index (κ1) is 20.7. The van der Waals surface area contributed by atoms with E-state index in [-0.39, 0.29) is 20.9 Å². The number of nitrogens with one attached hydrogen (secondary N) is 1. The van der Waals surface area contributed by atoms with Gasteiger partial charge in [0.05, 0.1) is 16.6 Å². The van der Waals surface area contributed by atoms with Crippen LogP contribution >= 0.6 is 0 Å². The smallest absolute Gasteiger partial charge is 0.292 e. The van der Waals surface area contributed by atoms with Crippen molar-refractivity contribution in [3.05, 3.63) is 56.6 Å². The highest BCUT2D eigenvalue weighted by Crippen LogP contribution is 2.27. The van der Waals surface area contributed by atoms with Crippen molar-refractivity contribution in [1.82, 2.24) is 9.13 Å². The summed E-state index contributed by atoms with van der Waals surface area (Å²) in [7, 11) is -3.03. The van der Waals surface area contributed by atoms with E-state index in [4.69, 9.17) is 0 Å². The van der Waals surface area contributed by atoms with Gasteiger partial charge >= 0.3 is 11.9 Å². The summed E-state index contributed by atoms with van der Waals surface area (Å²) < 4.78 is 79.2. The lowest BCUT2D eigenvalue weighted by atomic mass is 10.2. The number of rotatable bonds is 4. The highest BCUT2D eigenvalue weighted by molar-refractivity contribution is 7.93. The first-order valence-electron chi connectivity index (χ1n) is 7.47. The Morgan fingerprint density at radius 1 is 1.11 bits per heavy atom. The zero-order valence-corrected chi connectivity index (χ0v) is 15.2. The molecule has 1 heterocycles. The largest absolute Gasteiger partial charge is 0.431 e. The molecule has 0 fully saturated rings. The first-order chi connectivity index (χ1) is 12.3. The summed E-state index contributed by atoms with van der Waals surface area (Å²) in [6, 6.07) is 2.85. The van der Waals surface area contributed by atoms with Gasteiger partial charge in [0.25, 0.3) is 5.56 Å². The molecular formula is C15H15F4N3O4S. The van der Waals surface area contributed by atoms with Crippen molar-refractivity contribution in [2.45, 2.75) is 25.3 Å². The van der Waals surface area contributed by atoms with E-state index in [9.17, 15) is 35.6 Å². The minimum Gasteiger partial charge on any atom is -0.292 e. The summed E-state index contributed by atoms with van der Waals surface area (Å²) in [6.45, 7) is 2.78. The van der Waals surface area contributed by atoms with Crippen molar-refractivity contribution in [2.24, 2.45) is 7.05 Å². The molecule has 2 rings (SSSR count). The molecule has 0 atom stereocenters. The van der Waals surface area contributed by atoms with Crippen molar-refractivity contribution in [1.29, 1.82) is 0 Å². The fraction of sp³-hybridized carbons (Fsp3) is 0.333. The molecule has 0 aliphatic heterocycles. The number of anilines is 1. The fourth-order valence-electron chi connectivity index (χ4n) is 2.15. The van der Waals surface area contributed by atoms with Crippen LogP contribution in [0.3, 0.4) is 0 Å². The minimum absolute atomic E-state index is 0.158. The summed E-state index contributed by atoms with van der Waals surface area (Å²) >= 11 is 0. The van der Waals surface area contributed by atoms with Crippen LogP contribution in [0.25, 0.3) is 5.69 Å². The van der Waals surface area contributed by atoms with Crippen LogP contribution in [0.5, 0.6) is 0 Å². The Hall–Kier alpha value is -2.63. The van der Waals surface area contributed by atoms with Gasteiger partial charge in [0, 0.05) is 13.1 Å². The average molecular weight is 409 g/mol. The molecule has 0 saturated carbocycles. The van der Waals surface area contributed by atoms with Gasteiger partial charge in [-0.15, -0.1) is 0 Å². The van der Waals surface area contributed by atoms with Crippen LogP contribution in [0.1, 0.15) is 19.5 Å². The van der Waals surface area contributed by atoms with Crippen molar-refractivity contribution in [3.63, 3.8) is 0 Å². The third-order valence-corrected chi connectivity index (χ3v) is 5.44. The molecule has 12 heteroatoms. The third-order valence-electron chi connectivity index (χ3n) is 3.68. The molecule has 0 aliphatic rings. The summed E-state index contributed by atoms with van der Waals surface area (Å²) in [5.41, 5.74) is -5.18. The summed E-state index contributed by atoms with van der Waals surface area (Å²) in [5.74, 6) is -1.10. The van der Waals surface area contributed by atoms with Crippen LogP contribution in [0.4, 0.5) is 23.2 Å². The second-order valence-electron chi connectivity index (χ2n) is 5.90. The maximum Gasteiger partial charge on any atom is 0.431 e. The number of hydrogen-bond acceptors (Lipinski definition) is 4. The number of alkyl halides is 3. The maximum atomic E-state index is 14.2. The van der Waals surface area contributed by atoms with Crippen LogP contribution in [0, 0.1) is 5.82 Å². The van der Waals surface area contributed by atoms with Gasteiger partial charge < -0.3 is 0 Å². The molecule has 1 aromatic carbocycles. The van der Waals surface area contributed by atoms with Crippen molar-refractivity contribution in [3.8, 4) is 5.69 Å². The number of benzene rings is 1. The Morgan fingerprint density at radius 3 is 2.22 bits per heavy atom. The second kappa shape index (κ2) is 6.83. The van der Waals surface area contributed by atoms with Gasteiger partial charge in [-0.25, -0.2) is 22.2 Å². The van der Waals surface area contributed by atoms with E-state index in [1.807, 2.05) is 0 Å². The van der Waals surface area contributed by atoms with E-state index < -0.39 is 49.9 Å². The van der Waals surface area contributed by atoms with Crippen molar-refractivity contribution < 1.29 is 26.0 Å². The minimum atomic E-state index is -4.96. The molecule has 0 saturated heterocycles. The first-order valence-corrected chi connectivity index (χ1v) is 9.02. The van der Waals surface area contributed by atoms with Gasteiger partial charge in [0.15, 0.2) is 0 Å². The second-order valence-corrected chi connectivity index (χ2v) is 8.14. The summed E-state index contributed by atoms with van der Waals surface area (Å²) in [5, 5.41) is -0.826. The summed E-state index contributed by atoms with van der Waals surface area (Å²) in [6.07, 6.45) is -4.96. The SMILES string of the molecule is CC(C)S(=O)(=O)Nc1ccc(F)c(-n2c(=O)cc(C(F)(F)F)n(C)c2=O)c1. The molecule has 0 amide bonds. The molecule has 148 valence electrons. The zero-order valence-electron chi connectivity index (χ0n) is 14.3. The van der Waals surface area contributed by atoms with Gasteiger partial charge in [-0.3, -0.25) is 14.1 Å². The average Bonchev–Trinajstić information content (AvgIpc) is 2.52. The molecular weight excluding hydrogens is 394 g/mol.